The van der Waals surface area contributed by atoms with Crippen molar-refractivity contribution in [3.63, 3.8) is 0 Å². The fraction of sp³-hybridized carbons (Fsp3) is 0.438. The Morgan fingerprint density at radius 3 is 2.42 bits per heavy atom. The van der Waals surface area contributed by atoms with Crippen molar-refractivity contribution < 1.29 is 13.2 Å². The molecule has 1 aliphatic rings. The van der Waals surface area contributed by atoms with E-state index in [1.54, 1.807) is 48.0 Å². The number of benzene rings is 1. The molecule has 1 aliphatic heterocycles. The smallest absolute Gasteiger partial charge is 0.243 e. The van der Waals surface area contributed by atoms with Crippen molar-refractivity contribution in [1.29, 1.82) is 0 Å². The van der Waals surface area contributed by atoms with E-state index in [1.807, 2.05) is 12.3 Å². The first-order chi connectivity index (χ1) is 11.4. The third-order valence-corrected chi connectivity index (χ3v) is 7.11. The molecule has 0 bridgehead atoms. The van der Waals surface area contributed by atoms with Gasteiger partial charge >= 0.3 is 0 Å². The van der Waals surface area contributed by atoms with E-state index in [2.05, 4.69) is 9.88 Å². The maximum Gasteiger partial charge on any atom is 0.243 e. The van der Waals surface area contributed by atoms with Crippen LogP contribution in [0, 0.1) is 13.8 Å². The minimum absolute atomic E-state index is 0.364. The van der Waals surface area contributed by atoms with Crippen LogP contribution in [0.15, 0.2) is 28.6 Å². The summed E-state index contributed by atoms with van der Waals surface area (Å²) in [4.78, 5) is 6.78. The number of anilines is 1. The van der Waals surface area contributed by atoms with Gasteiger partial charge in [-0.2, -0.15) is 4.31 Å². The molecule has 0 saturated carbocycles. The maximum absolute atomic E-state index is 13.0. The summed E-state index contributed by atoms with van der Waals surface area (Å²) in [5.41, 5.74) is 1.53. The summed E-state index contributed by atoms with van der Waals surface area (Å²) >= 11 is 1.58. The van der Waals surface area contributed by atoms with Gasteiger partial charge in [-0.1, -0.05) is 0 Å². The minimum atomic E-state index is -3.50. The van der Waals surface area contributed by atoms with Crippen LogP contribution in [0.4, 0.5) is 5.13 Å². The van der Waals surface area contributed by atoms with E-state index in [4.69, 9.17) is 4.74 Å². The molecule has 2 heterocycles. The summed E-state index contributed by atoms with van der Waals surface area (Å²) in [6.45, 7) is 5.90. The largest absolute Gasteiger partial charge is 0.496 e. The molecule has 130 valence electrons. The van der Waals surface area contributed by atoms with Crippen LogP contribution in [-0.4, -0.2) is 51.0 Å². The predicted octanol–water partition coefficient (Wildman–Crippen LogP) is 2.28. The fourth-order valence-electron chi connectivity index (χ4n) is 2.89. The third-order valence-electron chi connectivity index (χ3n) is 4.24. The van der Waals surface area contributed by atoms with Crippen LogP contribution in [0.5, 0.6) is 5.75 Å². The Balaban J connectivity index is 1.81. The minimum Gasteiger partial charge on any atom is -0.496 e. The first-order valence-electron chi connectivity index (χ1n) is 7.73. The number of sulfonamides is 1. The van der Waals surface area contributed by atoms with Crippen molar-refractivity contribution in [3.05, 3.63) is 34.8 Å². The van der Waals surface area contributed by atoms with E-state index in [9.17, 15) is 8.42 Å². The number of hydrogen-bond donors (Lipinski definition) is 0. The molecule has 6 nitrogen and oxygen atoms in total. The molecule has 1 aromatic carbocycles. The first-order valence-corrected chi connectivity index (χ1v) is 10.1. The van der Waals surface area contributed by atoms with Crippen LogP contribution in [-0.2, 0) is 10.0 Å². The number of piperazine rings is 1. The Bertz CT molecular complexity index is 811. The van der Waals surface area contributed by atoms with Crippen molar-refractivity contribution >= 4 is 26.5 Å². The average molecular weight is 367 g/mol. The molecule has 8 heteroatoms. The van der Waals surface area contributed by atoms with Gasteiger partial charge in [-0.25, -0.2) is 13.4 Å². The second-order valence-electron chi connectivity index (χ2n) is 5.79. The summed E-state index contributed by atoms with van der Waals surface area (Å²) in [6.07, 6.45) is 1.77. The quantitative estimate of drug-likeness (QED) is 0.830. The summed E-state index contributed by atoms with van der Waals surface area (Å²) in [6, 6.07) is 3.49. The SMILES string of the molecule is COc1cc(C)c(S(=O)(=O)N2CCN(c3nccs3)CC2)cc1C. The Kier molecular flexibility index (Phi) is 4.80. The topological polar surface area (TPSA) is 62.7 Å². The molecule has 0 atom stereocenters. The molecule has 0 N–H and O–H groups in total. The molecule has 2 aromatic rings. The molecule has 1 fully saturated rings. The molecule has 0 aliphatic carbocycles. The predicted molar refractivity (Wildman–Crippen MR) is 95.6 cm³/mol. The number of nitrogens with zero attached hydrogens (tertiary/aromatic N) is 3. The maximum atomic E-state index is 13.0. The van der Waals surface area contributed by atoms with Crippen molar-refractivity contribution in [2.75, 3.05) is 38.2 Å². The Morgan fingerprint density at radius 2 is 1.83 bits per heavy atom. The summed E-state index contributed by atoms with van der Waals surface area (Å²) in [7, 11) is -1.91. The number of thiazole rings is 1. The zero-order valence-corrected chi connectivity index (χ0v) is 15.7. The molecular weight excluding hydrogens is 346 g/mol. The van der Waals surface area contributed by atoms with E-state index < -0.39 is 10.0 Å². The van der Waals surface area contributed by atoms with E-state index >= 15 is 0 Å². The summed E-state index contributed by atoms with van der Waals surface area (Å²) in [5.74, 6) is 0.708. The number of methoxy groups -OCH3 is 1. The average Bonchev–Trinajstić information content (AvgIpc) is 3.11. The lowest BCUT2D eigenvalue weighted by Gasteiger charge is -2.34. The molecule has 0 amide bonds. The Morgan fingerprint density at radius 1 is 1.12 bits per heavy atom. The molecule has 3 rings (SSSR count). The van der Waals surface area contributed by atoms with Gasteiger partial charge in [0.25, 0.3) is 0 Å². The van der Waals surface area contributed by atoms with Crippen molar-refractivity contribution in [2.24, 2.45) is 0 Å². The summed E-state index contributed by atoms with van der Waals surface area (Å²) in [5, 5.41) is 2.88. The van der Waals surface area contributed by atoms with Crippen molar-refractivity contribution in [3.8, 4) is 5.75 Å². The number of hydrogen-bond acceptors (Lipinski definition) is 6. The molecule has 24 heavy (non-hydrogen) atoms. The van der Waals surface area contributed by atoms with Gasteiger partial charge in [0.15, 0.2) is 5.13 Å². The highest BCUT2D eigenvalue weighted by molar-refractivity contribution is 7.89. The lowest BCUT2D eigenvalue weighted by Crippen LogP contribution is -2.48. The van der Waals surface area contributed by atoms with Crippen LogP contribution in [0.2, 0.25) is 0 Å². The van der Waals surface area contributed by atoms with Gasteiger partial charge in [0.1, 0.15) is 5.75 Å². The third kappa shape index (κ3) is 3.13. The monoisotopic (exact) mass is 367 g/mol. The Labute approximate surface area is 146 Å². The summed E-state index contributed by atoms with van der Waals surface area (Å²) < 4.78 is 32.8. The van der Waals surface area contributed by atoms with Crippen molar-refractivity contribution in [1.82, 2.24) is 9.29 Å². The van der Waals surface area contributed by atoms with E-state index in [-0.39, 0.29) is 0 Å². The van der Waals surface area contributed by atoms with E-state index in [0.29, 0.717) is 42.4 Å². The number of rotatable bonds is 4. The lowest BCUT2D eigenvalue weighted by atomic mass is 10.1. The van der Waals surface area contributed by atoms with Gasteiger partial charge < -0.3 is 9.64 Å². The Hall–Kier alpha value is -1.64. The standard InChI is InChI=1S/C16H21N3O3S2/c1-12-11-15(13(2)10-14(12)22-3)24(20,21)19-7-5-18(6-8-19)16-17-4-9-23-16/h4,9-11H,5-8H2,1-3H3. The normalized spacial score (nSPS) is 16.4. The highest BCUT2D eigenvalue weighted by atomic mass is 32.2. The second kappa shape index (κ2) is 6.70. The van der Waals surface area contributed by atoms with Gasteiger partial charge in [0.2, 0.25) is 10.0 Å². The highest BCUT2D eigenvalue weighted by Gasteiger charge is 2.30. The molecule has 0 spiro atoms. The molecule has 0 unspecified atom stereocenters. The van der Waals surface area contributed by atoms with Gasteiger partial charge in [-0.3, -0.25) is 0 Å². The zero-order valence-electron chi connectivity index (χ0n) is 14.0. The van der Waals surface area contributed by atoms with Crippen LogP contribution in [0.25, 0.3) is 0 Å². The van der Waals surface area contributed by atoms with Crippen molar-refractivity contribution in [2.45, 2.75) is 18.7 Å². The lowest BCUT2D eigenvalue weighted by molar-refractivity contribution is 0.384. The molecule has 1 aromatic heterocycles. The van der Waals surface area contributed by atoms with E-state index in [0.717, 1.165) is 10.7 Å². The van der Waals surface area contributed by atoms with Crippen LogP contribution in [0.1, 0.15) is 11.1 Å². The molecular formula is C16H21N3O3S2. The number of aromatic nitrogens is 1. The fourth-order valence-corrected chi connectivity index (χ4v) is 5.30. The number of aryl methyl sites for hydroxylation is 2. The van der Waals surface area contributed by atoms with E-state index in [1.165, 1.54) is 0 Å². The van der Waals surface area contributed by atoms with Gasteiger partial charge in [0.05, 0.1) is 12.0 Å². The molecule has 1 saturated heterocycles. The van der Waals surface area contributed by atoms with Gasteiger partial charge in [0, 0.05) is 37.8 Å². The van der Waals surface area contributed by atoms with Gasteiger partial charge in [-0.05, 0) is 37.1 Å². The first kappa shape index (κ1) is 17.2. The van der Waals surface area contributed by atoms with Crippen LogP contribution >= 0.6 is 11.3 Å². The number of ether oxygens (including phenoxy) is 1. The van der Waals surface area contributed by atoms with Crippen LogP contribution < -0.4 is 9.64 Å². The zero-order chi connectivity index (χ0) is 17.3. The van der Waals surface area contributed by atoms with Crippen LogP contribution in [0.3, 0.4) is 0 Å². The molecule has 0 radical (unpaired) electrons. The second-order valence-corrected chi connectivity index (χ2v) is 8.57. The van der Waals surface area contributed by atoms with Gasteiger partial charge in [-0.15, -0.1) is 11.3 Å². The highest BCUT2D eigenvalue weighted by Crippen LogP contribution is 2.29.